The molecule has 1 aliphatic rings. The second kappa shape index (κ2) is 7.67. The van der Waals surface area contributed by atoms with Crippen LogP contribution in [0.25, 0.3) is 11.1 Å². The van der Waals surface area contributed by atoms with Crippen LogP contribution in [0, 0.1) is 0 Å². The molecule has 138 valence electrons. The summed E-state index contributed by atoms with van der Waals surface area (Å²) < 4.78 is 11.5. The van der Waals surface area contributed by atoms with Crippen LogP contribution in [0.5, 0.6) is 5.88 Å². The van der Waals surface area contributed by atoms with Gasteiger partial charge in [-0.05, 0) is 69.4 Å². The van der Waals surface area contributed by atoms with Crippen LogP contribution in [-0.2, 0) is 16.0 Å². The quantitative estimate of drug-likeness (QED) is 0.674. The maximum absolute atomic E-state index is 12.1. The zero-order valence-corrected chi connectivity index (χ0v) is 16.2. The maximum Gasteiger partial charge on any atom is 0.310 e. The van der Waals surface area contributed by atoms with Crippen molar-refractivity contribution < 1.29 is 14.3 Å². The van der Waals surface area contributed by atoms with Crippen LogP contribution in [0.1, 0.15) is 45.6 Å². The van der Waals surface area contributed by atoms with Gasteiger partial charge in [-0.15, -0.1) is 0 Å². The lowest BCUT2D eigenvalue weighted by molar-refractivity contribution is -0.153. The topological polar surface area (TPSA) is 48.4 Å². The first-order valence-electron chi connectivity index (χ1n) is 8.93. The minimum Gasteiger partial charge on any atom is -0.474 e. The third-order valence-corrected chi connectivity index (χ3v) is 4.41. The molecule has 0 spiro atoms. The summed E-state index contributed by atoms with van der Waals surface area (Å²) in [7, 11) is 0. The molecule has 0 unspecified atom stereocenters. The Morgan fingerprint density at radius 1 is 1.23 bits per heavy atom. The summed E-state index contributed by atoms with van der Waals surface area (Å²) in [5.74, 6) is 0.332. The van der Waals surface area contributed by atoms with Crippen LogP contribution in [0.2, 0.25) is 5.02 Å². The highest BCUT2D eigenvalue weighted by atomic mass is 35.5. The number of ether oxygens (including phenoxy) is 2. The number of nitrogens with zero attached hydrogens (tertiary/aromatic N) is 1. The minimum atomic E-state index is -0.503. The molecule has 0 amide bonds. The number of halogens is 1. The van der Waals surface area contributed by atoms with E-state index >= 15 is 0 Å². The first-order chi connectivity index (χ1) is 12.3. The van der Waals surface area contributed by atoms with Gasteiger partial charge in [0.15, 0.2) is 0 Å². The van der Waals surface area contributed by atoms with Gasteiger partial charge in [0, 0.05) is 16.8 Å². The Morgan fingerprint density at radius 2 is 1.92 bits per heavy atom. The fraction of sp³-hybridized carbons (Fsp3) is 0.429. The van der Waals surface area contributed by atoms with Crippen molar-refractivity contribution in [1.29, 1.82) is 0 Å². The number of esters is 1. The van der Waals surface area contributed by atoms with Crippen molar-refractivity contribution in [2.75, 3.05) is 0 Å². The summed E-state index contributed by atoms with van der Waals surface area (Å²) in [6.45, 7) is 5.58. The van der Waals surface area contributed by atoms with Gasteiger partial charge < -0.3 is 9.47 Å². The summed E-state index contributed by atoms with van der Waals surface area (Å²) in [6, 6.07) is 9.50. The van der Waals surface area contributed by atoms with Gasteiger partial charge in [-0.3, -0.25) is 4.79 Å². The SMILES string of the molecule is CC(C)(C)OC(=O)Cc1cnc(OC2CCC2)c(-c2ccc(Cl)cc2)c1. The molecular formula is C21H24ClNO3. The van der Waals surface area contributed by atoms with Gasteiger partial charge in [-0.2, -0.15) is 0 Å². The van der Waals surface area contributed by atoms with E-state index in [1.807, 2.05) is 51.1 Å². The average Bonchev–Trinajstić information content (AvgIpc) is 2.50. The van der Waals surface area contributed by atoms with Gasteiger partial charge >= 0.3 is 5.97 Å². The summed E-state index contributed by atoms with van der Waals surface area (Å²) in [5.41, 5.74) is 2.12. The number of benzene rings is 1. The molecule has 1 fully saturated rings. The summed E-state index contributed by atoms with van der Waals surface area (Å²) in [4.78, 5) is 16.6. The molecule has 0 bridgehead atoms. The van der Waals surface area contributed by atoms with Crippen molar-refractivity contribution in [3.8, 4) is 17.0 Å². The van der Waals surface area contributed by atoms with Crippen LogP contribution >= 0.6 is 11.6 Å². The molecule has 0 radical (unpaired) electrons. The van der Waals surface area contributed by atoms with E-state index in [4.69, 9.17) is 21.1 Å². The lowest BCUT2D eigenvalue weighted by Gasteiger charge is -2.27. The largest absolute Gasteiger partial charge is 0.474 e. The lowest BCUT2D eigenvalue weighted by Crippen LogP contribution is -2.26. The first kappa shape index (κ1) is 18.7. The van der Waals surface area contributed by atoms with Crippen molar-refractivity contribution in [3.05, 3.63) is 47.1 Å². The monoisotopic (exact) mass is 373 g/mol. The van der Waals surface area contributed by atoms with Gasteiger partial charge in [-0.25, -0.2) is 4.98 Å². The summed E-state index contributed by atoms with van der Waals surface area (Å²) in [6.07, 6.45) is 5.40. The van der Waals surface area contributed by atoms with Gasteiger partial charge in [-0.1, -0.05) is 23.7 Å². The zero-order valence-electron chi connectivity index (χ0n) is 15.4. The standard InChI is InChI=1S/C21H24ClNO3/c1-21(2,3)26-19(24)12-14-11-18(15-7-9-16(22)10-8-15)20(23-13-14)25-17-5-4-6-17/h7-11,13,17H,4-6,12H2,1-3H3. The van der Waals surface area contributed by atoms with E-state index in [9.17, 15) is 4.79 Å². The van der Waals surface area contributed by atoms with Gasteiger partial charge in [0.2, 0.25) is 5.88 Å². The predicted octanol–water partition coefficient (Wildman–Crippen LogP) is 5.22. The molecule has 1 heterocycles. The molecule has 1 saturated carbocycles. The number of hydrogen-bond donors (Lipinski definition) is 0. The van der Waals surface area contributed by atoms with Crippen LogP contribution in [0.3, 0.4) is 0 Å². The van der Waals surface area contributed by atoms with Gasteiger partial charge in [0.1, 0.15) is 11.7 Å². The molecule has 1 aliphatic carbocycles. The Hall–Kier alpha value is -2.07. The lowest BCUT2D eigenvalue weighted by atomic mass is 9.96. The first-order valence-corrected chi connectivity index (χ1v) is 9.31. The van der Waals surface area contributed by atoms with E-state index in [0.717, 1.165) is 29.5 Å². The minimum absolute atomic E-state index is 0.175. The molecule has 4 nitrogen and oxygen atoms in total. The van der Waals surface area contributed by atoms with Crippen molar-refractivity contribution in [3.63, 3.8) is 0 Å². The second-order valence-corrected chi connectivity index (χ2v) is 8.07. The molecule has 0 saturated heterocycles. The normalized spacial score (nSPS) is 14.6. The molecular weight excluding hydrogens is 350 g/mol. The highest BCUT2D eigenvalue weighted by Crippen LogP contribution is 2.33. The fourth-order valence-corrected chi connectivity index (χ4v) is 2.84. The average molecular weight is 374 g/mol. The highest BCUT2D eigenvalue weighted by Gasteiger charge is 2.22. The predicted molar refractivity (Wildman–Crippen MR) is 102 cm³/mol. The van der Waals surface area contributed by atoms with Crippen LogP contribution in [0.4, 0.5) is 0 Å². The molecule has 1 aromatic heterocycles. The van der Waals surface area contributed by atoms with Crippen molar-refractivity contribution in [2.45, 2.75) is 58.2 Å². The maximum atomic E-state index is 12.1. The van der Waals surface area contributed by atoms with E-state index < -0.39 is 5.60 Å². The zero-order chi connectivity index (χ0) is 18.7. The number of carbonyl (C=O) groups is 1. The second-order valence-electron chi connectivity index (χ2n) is 7.64. The third-order valence-electron chi connectivity index (χ3n) is 4.16. The van der Waals surface area contributed by atoms with E-state index in [-0.39, 0.29) is 18.5 Å². The third kappa shape index (κ3) is 4.98. The van der Waals surface area contributed by atoms with Crippen LogP contribution in [0.15, 0.2) is 36.5 Å². The van der Waals surface area contributed by atoms with Crippen molar-refractivity contribution >= 4 is 17.6 Å². The summed E-state index contributed by atoms with van der Waals surface area (Å²) in [5, 5.41) is 0.674. The number of rotatable bonds is 5. The number of aromatic nitrogens is 1. The van der Waals surface area contributed by atoms with Crippen molar-refractivity contribution in [1.82, 2.24) is 4.98 Å². The Bertz CT molecular complexity index is 777. The molecule has 5 heteroatoms. The molecule has 26 heavy (non-hydrogen) atoms. The number of carbonyl (C=O) groups excluding carboxylic acids is 1. The number of hydrogen-bond acceptors (Lipinski definition) is 4. The Balaban J connectivity index is 1.86. The van der Waals surface area contributed by atoms with E-state index in [1.54, 1.807) is 6.20 Å². The smallest absolute Gasteiger partial charge is 0.310 e. The Morgan fingerprint density at radius 3 is 2.50 bits per heavy atom. The molecule has 0 N–H and O–H groups in total. The molecule has 0 aliphatic heterocycles. The molecule has 1 aromatic carbocycles. The number of pyridine rings is 1. The van der Waals surface area contributed by atoms with Crippen LogP contribution < -0.4 is 4.74 Å². The van der Waals surface area contributed by atoms with Crippen LogP contribution in [-0.4, -0.2) is 22.7 Å². The Kier molecular flexibility index (Phi) is 5.52. The van der Waals surface area contributed by atoms with Crippen molar-refractivity contribution in [2.24, 2.45) is 0 Å². The fourth-order valence-electron chi connectivity index (χ4n) is 2.71. The van der Waals surface area contributed by atoms with Gasteiger partial charge in [0.05, 0.1) is 6.42 Å². The molecule has 3 rings (SSSR count). The molecule has 0 atom stereocenters. The highest BCUT2D eigenvalue weighted by molar-refractivity contribution is 6.30. The van der Waals surface area contributed by atoms with E-state index in [1.165, 1.54) is 6.42 Å². The van der Waals surface area contributed by atoms with E-state index in [2.05, 4.69) is 4.98 Å². The molecule has 2 aromatic rings. The Labute approximate surface area is 159 Å². The van der Waals surface area contributed by atoms with E-state index in [0.29, 0.717) is 10.9 Å². The van der Waals surface area contributed by atoms with Gasteiger partial charge in [0.25, 0.3) is 0 Å². The summed E-state index contributed by atoms with van der Waals surface area (Å²) >= 11 is 6.01.